The van der Waals surface area contributed by atoms with Crippen molar-refractivity contribution in [1.82, 2.24) is 9.13 Å². The third-order valence-electron chi connectivity index (χ3n) is 6.24. The van der Waals surface area contributed by atoms with Crippen molar-refractivity contribution in [3.05, 3.63) is 142 Å². The Morgan fingerprint density at radius 3 is 1.16 bits per heavy atom. The molecule has 0 aliphatic rings. The second kappa shape index (κ2) is 11.4. The summed E-state index contributed by atoms with van der Waals surface area (Å²) < 4.78 is 4.66. The Bertz CT molecular complexity index is 1610. The monoisotopic (exact) mass is 530 g/mol. The van der Waals surface area contributed by atoms with Gasteiger partial charge in [-0.25, -0.2) is 9.98 Å². The molecule has 6 rings (SSSR count). The van der Waals surface area contributed by atoms with Gasteiger partial charge in [-0.15, -0.1) is 22.7 Å². The maximum absolute atomic E-state index is 5.01. The highest BCUT2D eigenvalue weighted by molar-refractivity contribution is 7.07. The molecule has 2 aromatic heterocycles. The fourth-order valence-corrected chi connectivity index (χ4v) is 6.29. The van der Waals surface area contributed by atoms with Crippen LogP contribution in [0.4, 0.5) is 11.4 Å². The van der Waals surface area contributed by atoms with Gasteiger partial charge in [0.25, 0.3) is 0 Å². The van der Waals surface area contributed by atoms with Crippen LogP contribution < -0.4 is 9.60 Å². The lowest BCUT2D eigenvalue weighted by atomic mass is 10.1. The van der Waals surface area contributed by atoms with E-state index in [2.05, 4.69) is 80.6 Å². The lowest BCUT2D eigenvalue weighted by Gasteiger charge is -2.13. The minimum absolute atomic E-state index is 0.762. The lowest BCUT2D eigenvalue weighted by molar-refractivity contribution is 0.568. The van der Waals surface area contributed by atoms with Crippen LogP contribution in [-0.4, -0.2) is 9.13 Å². The highest BCUT2D eigenvalue weighted by atomic mass is 32.1. The maximum atomic E-state index is 5.01. The zero-order valence-corrected chi connectivity index (χ0v) is 22.4. The van der Waals surface area contributed by atoms with Crippen LogP contribution in [0.25, 0.3) is 22.5 Å². The van der Waals surface area contributed by atoms with E-state index in [1.807, 2.05) is 60.7 Å². The average Bonchev–Trinajstić information content (AvgIpc) is 3.57. The second-order valence-electron chi connectivity index (χ2n) is 8.74. The number of nitrogens with zero attached hydrogens (tertiary/aromatic N) is 4. The van der Waals surface area contributed by atoms with E-state index in [-0.39, 0.29) is 0 Å². The first-order chi connectivity index (χ1) is 18.8. The summed E-state index contributed by atoms with van der Waals surface area (Å²) >= 11 is 3.35. The molecule has 38 heavy (non-hydrogen) atoms. The molecule has 0 unspecified atom stereocenters. The first-order valence-electron chi connectivity index (χ1n) is 12.5. The molecular weight excluding hydrogens is 505 g/mol. The molecule has 0 atom stereocenters. The lowest BCUT2D eigenvalue weighted by Crippen LogP contribution is -2.24. The zero-order valence-electron chi connectivity index (χ0n) is 20.7. The molecular formula is C32H26N4S2. The molecule has 0 N–H and O–H groups in total. The molecule has 0 radical (unpaired) electrons. The molecule has 0 aliphatic carbocycles. The van der Waals surface area contributed by atoms with Gasteiger partial charge in [0.05, 0.1) is 22.8 Å². The molecule has 0 spiro atoms. The first-order valence-corrected chi connectivity index (χ1v) is 14.3. The SMILES string of the molecule is c1ccc(N=c2scc(-c3ccccc3)n2CCn2c(-c3ccccc3)csc2=Nc2ccccc2)cc1. The quantitative estimate of drug-likeness (QED) is 0.201. The molecule has 2 heterocycles. The molecule has 0 saturated heterocycles. The molecule has 4 aromatic carbocycles. The first kappa shape index (κ1) is 24.1. The Morgan fingerprint density at radius 1 is 0.447 bits per heavy atom. The van der Waals surface area contributed by atoms with Crippen molar-refractivity contribution in [3.8, 4) is 22.5 Å². The summed E-state index contributed by atoms with van der Waals surface area (Å²) in [5.41, 5.74) is 6.62. The summed E-state index contributed by atoms with van der Waals surface area (Å²) in [5.74, 6) is 0. The summed E-state index contributed by atoms with van der Waals surface area (Å²) in [6.45, 7) is 1.52. The van der Waals surface area contributed by atoms with Crippen LogP contribution in [-0.2, 0) is 13.1 Å². The van der Waals surface area contributed by atoms with Crippen molar-refractivity contribution in [2.75, 3.05) is 0 Å². The zero-order chi connectivity index (χ0) is 25.6. The van der Waals surface area contributed by atoms with Gasteiger partial charge in [-0.2, -0.15) is 0 Å². The summed E-state index contributed by atoms with van der Waals surface area (Å²) in [6.07, 6.45) is 0. The minimum atomic E-state index is 0.762. The van der Waals surface area contributed by atoms with E-state index >= 15 is 0 Å². The standard InChI is InChI=1S/C32H26N4S2/c1-5-13-25(14-6-1)29-23-37-31(33-27-17-9-3-10-18-27)35(29)21-22-36-30(26-15-7-2-8-16-26)24-38-32(36)34-28-19-11-4-12-20-28/h1-20,23-24H,21-22H2. The van der Waals surface area contributed by atoms with E-state index in [4.69, 9.17) is 9.98 Å². The topological polar surface area (TPSA) is 34.6 Å². The Morgan fingerprint density at radius 2 is 0.789 bits per heavy atom. The van der Waals surface area contributed by atoms with Gasteiger partial charge in [0.1, 0.15) is 0 Å². The Labute approximate surface area is 229 Å². The highest BCUT2D eigenvalue weighted by Gasteiger charge is 2.12. The van der Waals surface area contributed by atoms with Crippen molar-refractivity contribution in [1.29, 1.82) is 0 Å². The van der Waals surface area contributed by atoms with E-state index in [1.54, 1.807) is 22.7 Å². The number of benzene rings is 4. The van der Waals surface area contributed by atoms with Gasteiger partial charge in [0, 0.05) is 23.8 Å². The number of rotatable bonds is 7. The second-order valence-corrected chi connectivity index (χ2v) is 10.4. The van der Waals surface area contributed by atoms with Crippen LogP contribution in [0.1, 0.15) is 0 Å². The normalized spacial score (nSPS) is 12.2. The molecule has 0 saturated carbocycles. The van der Waals surface area contributed by atoms with Crippen molar-refractivity contribution < 1.29 is 0 Å². The van der Waals surface area contributed by atoms with Crippen LogP contribution in [0.2, 0.25) is 0 Å². The average molecular weight is 531 g/mol. The third-order valence-corrected chi connectivity index (χ3v) is 7.97. The van der Waals surface area contributed by atoms with Crippen LogP contribution in [0, 0.1) is 0 Å². The van der Waals surface area contributed by atoms with E-state index in [1.165, 1.54) is 22.5 Å². The number of para-hydroxylation sites is 2. The summed E-state index contributed by atoms with van der Waals surface area (Å²) in [5, 5.41) is 4.42. The number of hydrogen-bond donors (Lipinski definition) is 0. The molecule has 6 heteroatoms. The van der Waals surface area contributed by atoms with Gasteiger partial charge in [-0.05, 0) is 35.4 Å². The van der Waals surface area contributed by atoms with E-state index in [0.717, 1.165) is 34.1 Å². The van der Waals surface area contributed by atoms with Crippen molar-refractivity contribution in [3.63, 3.8) is 0 Å². The highest BCUT2D eigenvalue weighted by Crippen LogP contribution is 2.23. The number of aromatic nitrogens is 2. The van der Waals surface area contributed by atoms with Crippen molar-refractivity contribution >= 4 is 34.0 Å². The van der Waals surface area contributed by atoms with Crippen LogP contribution >= 0.6 is 22.7 Å². The Hall–Kier alpha value is -4.26. The molecule has 0 aliphatic heterocycles. The van der Waals surface area contributed by atoms with E-state index < -0.39 is 0 Å². The Kier molecular flexibility index (Phi) is 7.24. The van der Waals surface area contributed by atoms with Gasteiger partial charge in [-0.3, -0.25) is 0 Å². The third kappa shape index (κ3) is 5.37. The minimum Gasteiger partial charge on any atom is -0.315 e. The predicted octanol–water partition coefficient (Wildman–Crippen LogP) is 7.91. The van der Waals surface area contributed by atoms with Gasteiger partial charge in [0.2, 0.25) is 0 Å². The molecule has 4 nitrogen and oxygen atoms in total. The van der Waals surface area contributed by atoms with Crippen LogP contribution in [0.3, 0.4) is 0 Å². The largest absolute Gasteiger partial charge is 0.315 e. The molecule has 0 bridgehead atoms. The fourth-order valence-electron chi connectivity index (χ4n) is 4.37. The van der Waals surface area contributed by atoms with Crippen LogP contribution in [0.15, 0.2) is 142 Å². The van der Waals surface area contributed by atoms with Gasteiger partial charge in [0.15, 0.2) is 9.60 Å². The van der Waals surface area contributed by atoms with Gasteiger partial charge in [-0.1, -0.05) is 97.1 Å². The summed E-state index contributed by atoms with van der Waals surface area (Å²) in [4.78, 5) is 12.0. The maximum Gasteiger partial charge on any atom is 0.190 e. The van der Waals surface area contributed by atoms with Crippen molar-refractivity contribution in [2.24, 2.45) is 9.98 Å². The molecule has 0 fully saturated rings. The smallest absolute Gasteiger partial charge is 0.190 e. The van der Waals surface area contributed by atoms with Crippen LogP contribution in [0.5, 0.6) is 0 Å². The summed E-state index contributed by atoms with van der Waals surface area (Å²) in [6, 6.07) is 41.4. The summed E-state index contributed by atoms with van der Waals surface area (Å²) in [7, 11) is 0. The number of thiazole rings is 2. The van der Waals surface area contributed by atoms with Gasteiger partial charge < -0.3 is 9.13 Å². The van der Waals surface area contributed by atoms with Crippen molar-refractivity contribution in [2.45, 2.75) is 13.1 Å². The predicted molar refractivity (Wildman–Crippen MR) is 159 cm³/mol. The molecule has 6 aromatic rings. The Balaban J connectivity index is 1.45. The van der Waals surface area contributed by atoms with E-state index in [0.29, 0.717) is 0 Å². The molecule has 186 valence electrons. The number of hydrogen-bond acceptors (Lipinski definition) is 4. The van der Waals surface area contributed by atoms with E-state index in [9.17, 15) is 0 Å². The van der Waals surface area contributed by atoms with Gasteiger partial charge >= 0.3 is 0 Å². The molecule has 0 amide bonds. The fraction of sp³-hybridized carbons (Fsp3) is 0.0625.